The summed E-state index contributed by atoms with van der Waals surface area (Å²) in [5.41, 5.74) is 0. The molecular formula is C26H50O2. The van der Waals surface area contributed by atoms with Crippen molar-refractivity contribution in [2.24, 2.45) is 5.92 Å². The maximum Gasteiger partial charge on any atom is 0.303 e. The summed E-state index contributed by atoms with van der Waals surface area (Å²) in [6.45, 7) is 4.65. The van der Waals surface area contributed by atoms with Crippen molar-refractivity contribution in [3.05, 3.63) is 12.2 Å². The number of carboxylic acids is 1. The molecule has 0 aliphatic rings. The Kier molecular flexibility index (Phi) is 21.9. The van der Waals surface area contributed by atoms with E-state index in [9.17, 15) is 4.79 Å². The number of rotatable bonds is 22. The quantitative estimate of drug-likeness (QED) is 0.147. The summed E-state index contributed by atoms with van der Waals surface area (Å²) in [6.07, 6.45) is 30.1. The van der Waals surface area contributed by atoms with E-state index in [2.05, 4.69) is 26.0 Å². The van der Waals surface area contributed by atoms with Crippen molar-refractivity contribution in [2.45, 2.75) is 142 Å². The first kappa shape index (κ1) is 27.2. The summed E-state index contributed by atoms with van der Waals surface area (Å²) in [7, 11) is 0. The molecule has 0 aromatic carbocycles. The summed E-state index contributed by atoms with van der Waals surface area (Å²) < 4.78 is 0. The van der Waals surface area contributed by atoms with E-state index in [4.69, 9.17) is 5.11 Å². The molecule has 0 aromatic rings. The molecule has 166 valence electrons. The van der Waals surface area contributed by atoms with Gasteiger partial charge in [0.1, 0.15) is 0 Å². The number of hydrogen-bond acceptors (Lipinski definition) is 1. The van der Waals surface area contributed by atoms with Crippen LogP contribution in [0.15, 0.2) is 12.2 Å². The lowest BCUT2D eigenvalue weighted by atomic mass is 10.0. The second-order valence-electron chi connectivity index (χ2n) is 9.03. The number of aliphatic carboxylic acids is 1. The maximum atomic E-state index is 10.4. The standard InChI is InChI=1S/C26H50O2/c1-25(2)23-21-19-17-15-13-11-9-7-5-3-4-6-8-10-12-14-16-18-20-22-24-26(27)28/h8,10,25H,3-7,9,11-24H2,1-2H3,(H,27,28). The Labute approximate surface area is 176 Å². The number of unbranched alkanes of at least 4 members (excludes halogenated alkanes) is 16. The Morgan fingerprint density at radius 3 is 1.36 bits per heavy atom. The third-order valence-electron chi connectivity index (χ3n) is 5.58. The van der Waals surface area contributed by atoms with Gasteiger partial charge >= 0.3 is 5.97 Å². The van der Waals surface area contributed by atoms with E-state index in [1.807, 2.05) is 0 Å². The predicted octanol–water partition coefficient (Wildman–Crippen LogP) is 9.09. The van der Waals surface area contributed by atoms with Crippen molar-refractivity contribution in [1.82, 2.24) is 0 Å². The lowest BCUT2D eigenvalue weighted by Crippen LogP contribution is -1.93. The first-order valence-electron chi connectivity index (χ1n) is 12.5. The molecule has 1 N–H and O–H groups in total. The van der Waals surface area contributed by atoms with E-state index in [0.29, 0.717) is 6.42 Å². The fraction of sp³-hybridized carbons (Fsp3) is 0.885. The number of carbonyl (C=O) groups is 1. The van der Waals surface area contributed by atoms with Gasteiger partial charge in [0.2, 0.25) is 0 Å². The Morgan fingerprint density at radius 2 is 0.964 bits per heavy atom. The molecule has 0 bridgehead atoms. The van der Waals surface area contributed by atoms with Gasteiger partial charge in [0, 0.05) is 6.42 Å². The highest BCUT2D eigenvalue weighted by atomic mass is 16.4. The van der Waals surface area contributed by atoms with Crippen LogP contribution in [0.2, 0.25) is 0 Å². The zero-order valence-electron chi connectivity index (χ0n) is 19.2. The lowest BCUT2D eigenvalue weighted by Gasteiger charge is -2.04. The summed E-state index contributed by atoms with van der Waals surface area (Å²) in [4.78, 5) is 10.4. The van der Waals surface area contributed by atoms with Gasteiger partial charge in [0.25, 0.3) is 0 Å². The highest BCUT2D eigenvalue weighted by Gasteiger charge is 1.97. The average molecular weight is 395 g/mol. The van der Waals surface area contributed by atoms with E-state index in [1.165, 1.54) is 109 Å². The lowest BCUT2D eigenvalue weighted by molar-refractivity contribution is -0.137. The molecule has 0 unspecified atom stereocenters. The molecule has 0 aliphatic heterocycles. The first-order chi connectivity index (χ1) is 13.6. The molecule has 0 spiro atoms. The fourth-order valence-corrected chi connectivity index (χ4v) is 3.71. The van der Waals surface area contributed by atoms with Gasteiger partial charge in [0.15, 0.2) is 0 Å². The van der Waals surface area contributed by atoms with E-state index in [1.54, 1.807) is 0 Å². The van der Waals surface area contributed by atoms with Crippen LogP contribution in [0.1, 0.15) is 142 Å². The third kappa shape index (κ3) is 25.2. The summed E-state index contributed by atoms with van der Waals surface area (Å²) in [5, 5.41) is 8.58. The van der Waals surface area contributed by atoms with Crippen LogP contribution in [-0.2, 0) is 4.79 Å². The molecule has 2 nitrogen and oxygen atoms in total. The SMILES string of the molecule is CC(C)CCCCCCCCCCCCCC=CCCCCCCCC(=O)O. The fourth-order valence-electron chi connectivity index (χ4n) is 3.71. The van der Waals surface area contributed by atoms with Crippen LogP contribution in [0.3, 0.4) is 0 Å². The zero-order valence-corrected chi connectivity index (χ0v) is 19.2. The summed E-state index contributed by atoms with van der Waals surface area (Å²) >= 11 is 0. The minimum atomic E-state index is -0.661. The minimum Gasteiger partial charge on any atom is -0.481 e. The molecule has 0 heterocycles. The summed E-state index contributed by atoms with van der Waals surface area (Å²) in [6, 6.07) is 0. The summed E-state index contributed by atoms with van der Waals surface area (Å²) in [5.74, 6) is 0.217. The molecule has 0 aliphatic carbocycles. The molecule has 0 radical (unpaired) electrons. The van der Waals surface area contributed by atoms with Crippen molar-refractivity contribution in [2.75, 3.05) is 0 Å². The van der Waals surface area contributed by atoms with E-state index in [-0.39, 0.29) is 0 Å². The smallest absolute Gasteiger partial charge is 0.303 e. The van der Waals surface area contributed by atoms with Crippen molar-refractivity contribution in [3.63, 3.8) is 0 Å². The predicted molar refractivity (Wildman–Crippen MR) is 124 cm³/mol. The molecule has 0 atom stereocenters. The van der Waals surface area contributed by atoms with Crippen molar-refractivity contribution < 1.29 is 9.90 Å². The molecule has 0 fully saturated rings. The van der Waals surface area contributed by atoms with Gasteiger partial charge in [-0.05, 0) is 38.0 Å². The normalized spacial score (nSPS) is 11.7. The van der Waals surface area contributed by atoms with Crippen LogP contribution in [0.4, 0.5) is 0 Å². The van der Waals surface area contributed by atoms with Gasteiger partial charge in [-0.15, -0.1) is 0 Å². The molecule has 0 saturated carbocycles. The van der Waals surface area contributed by atoms with Gasteiger partial charge in [-0.25, -0.2) is 0 Å². The van der Waals surface area contributed by atoms with Crippen LogP contribution in [0, 0.1) is 5.92 Å². The topological polar surface area (TPSA) is 37.3 Å². The molecule has 0 amide bonds. The van der Waals surface area contributed by atoms with Crippen LogP contribution < -0.4 is 0 Å². The number of carboxylic acid groups (broad SMARTS) is 1. The number of allylic oxidation sites excluding steroid dienone is 2. The monoisotopic (exact) mass is 394 g/mol. The molecule has 0 saturated heterocycles. The molecular weight excluding hydrogens is 344 g/mol. The largest absolute Gasteiger partial charge is 0.481 e. The van der Waals surface area contributed by atoms with Gasteiger partial charge < -0.3 is 5.11 Å². The van der Waals surface area contributed by atoms with Crippen LogP contribution >= 0.6 is 0 Å². The van der Waals surface area contributed by atoms with E-state index >= 15 is 0 Å². The molecule has 2 heteroatoms. The second kappa shape index (κ2) is 22.5. The average Bonchev–Trinajstić information content (AvgIpc) is 2.65. The Balaban J connectivity index is 3.09. The third-order valence-corrected chi connectivity index (χ3v) is 5.58. The van der Waals surface area contributed by atoms with Gasteiger partial charge in [0.05, 0.1) is 0 Å². The highest BCUT2D eigenvalue weighted by Crippen LogP contribution is 2.14. The Morgan fingerprint density at radius 1 is 0.607 bits per heavy atom. The minimum absolute atomic E-state index is 0.332. The highest BCUT2D eigenvalue weighted by molar-refractivity contribution is 5.66. The van der Waals surface area contributed by atoms with Crippen molar-refractivity contribution in [3.8, 4) is 0 Å². The van der Waals surface area contributed by atoms with Gasteiger partial charge in [-0.1, -0.05) is 116 Å². The zero-order chi connectivity index (χ0) is 20.7. The number of hydrogen-bond donors (Lipinski definition) is 1. The van der Waals surface area contributed by atoms with Crippen molar-refractivity contribution >= 4 is 5.97 Å². The van der Waals surface area contributed by atoms with E-state index in [0.717, 1.165) is 18.8 Å². The second-order valence-corrected chi connectivity index (χ2v) is 9.03. The van der Waals surface area contributed by atoms with E-state index < -0.39 is 5.97 Å². The molecule has 28 heavy (non-hydrogen) atoms. The van der Waals surface area contributed by atoms with Crippen molar-refractivity contribution in [1.29, 1.82) is 0 Å². The Hall–Kier alpha value is -0.790. The molecule has 0 rings (SSSR count). The van der Waals surface area contributed by atoms with Crippen LogP contribution in [-0.4, -0.2) is 11.1 Å². The van der Waals surface area contributed by atoms with Crippen LogP contribution in [0.25, 0.3) is 0 Å². The van der Waals surface area contributed by atoms with Gasteiger partial charge in [-0.3, -0.25) is 4.79 Å². The Bertz CT molecular complexity index is 346. The van der Waals surface area contributed by atoms with Gasteiger partial charge in [-0.2, -0.15) is 0 Å². The maximum absolute atomic E-state index is 10.4. The molecule has 0 aromatic heterocycles. The first-order valence-corrected chi connectivity index (χ1v) is 12.5. The van der Waals surface area contributed by atoms with Crippen LogP contribution in [0.5, 0.6) is 0 Å².